The van der Waals surface area contributed by atoms with Gasteiger partial charge < -0.3 is 14.5 Å². The number of carbonyl (C=O) groups is 1. The maximum atomic E-state index is 11.8. The van der Waals surface area contributed by atoms with Gasteiger partial charge in [0.1, 0.15) is 5.76 Å². The third-order valence-corrected chi connectivity index (χ3v) is 2.79. The number of amides is 1. The zero-order chi connectivity index (χ0) is 15.5. The summed E-state index contributed by atoms with van der Waals surface area (Å²) in [7, 11) is 2.06. The van der Waals surface area contributed by atoms with Gasteiger partial charge in [-0.3, -0.25) is 4.79 Å². The van der Waals surface area contributed by atoms with Crippen LogP contribution in [0.1, 0.15) is 20.8 Å². The number of likely N-dealkylation sites (N-methyl/N-ethyl adjacent to an activating group) is 1. The van der Waals surface area contributed by atoms with Crippen molar-refractivity contribution in [3.8, 4) is 0 Å². The predicted octanol–water partition coefficient (Wildman–Crippen LogP) is 2.45. The first-order chi connectivity index (χ1) is 9.49. The first-order valence-corrected chi connectivity index (χ1v) is 7.10. The molecule has 1 aliphatic heterocycles. The van der Waals surface area contributed by atoms with Gasteiger partial charge in [0, 0.05) is 26.2 Å². The molecule has 0 aromatic rings. The lowest BCUT2D eigenvalue weighted by molar-refractivity contribution is -0.136. The van der Waals surface area contributed by atoms with E-state index in [2.05, 4.69) is 25.1 Å². The maximum absolute atomic E-state index is 11.8. The minimum Gasteiger partial charge on any atom is -0.484 e. The molecular weight excluding hydrogens is 252 g/mol. The van der Waals surface area contributed by atoms with Crippen LogP contribution in [-0.2, 0) is 9.53 Å². The Bertz CT molecular complexity index is 353. The number of ether oxygens (including phenoxy) is 1. The Kier molecular flexibility index (Phi) is 9.47. The van der Waals surface area contributed by atoms with Crippen LogP contribution in [0.5, 0.6) is 0 Å². The molecule has 114 valence electrons. The number of hydrogen-bond acceptors (Lipinski definition) is 3. The summed E-state index contributed by atoms with van der Waals surface area (Å²) >= 11 is 0. The van der Waals surface area contributed by atoms with Crippen LogP contribution >= 0.6 is 0 Å². The molecule has 1 rings (SSSR count). The van der Waals surface area contributed by atoms with Crippen LogP contribution in [0, 0.1) is 0 Å². The number of rotatable bonds is 5. The van der Waals surface area contributed by atoms with E-state index in [0.717, 1.165) is 31.8 Å². The van der Waals surface area contributed by atoms with E-state index in [-0.39, 0.29) is 12.5 Å². The van der Waals surface area contributed by atoms with Crippen LogP contribution in [0.4, 0.5) is 0 Å². The summed E-state index contributed by atoms with van der Waals surface area (Å²) in [6.45, 7) is 16.8. The molecule has 0 radical (unpaired) electrons. The van der Waals surface area contributed by atoms with E-state index in [4.69, 9.17) is 4.74 Å². The summed E-state index contributed by atoms with van der Waals surface area (Å²) in [5.41, 5.74) is 0.921. The van der Waals surface area contributed by atoms with Crippen molar-refractivity contribution in [2.75, 3.05) is 39.8 Å². The average molecular weight is 280 g/mol. The lowest BCUT2D eigenvalue weighted by atomic mass is 10.3. The summed E-state index contributed by atoms with van der Waals surface area (Å²) in [4.78, 5) is 15.9. The highest BCUT2D eigenvalue weighted by Crippen LogP contribution is 2.03. The molecule has 0 aromatic heterocycles. The minimum atomic E-state index is 0.0213. The molecule has 4 nitrogen and oxygen atoms in total. The van der Waals surface area contributed by atoms with Crippen LogP contribution < -0.4 is 0 Å². The molecule has 4 heteroatoms. The van der Waals surface area contributed by atoms with Gasteiger partial charge in [-0.25, -0.2) is 0 Å². The fraction of sp³-hybridized carbons (Fsp3) is 0.562. The zero-order valence-corrected chi connectivity index (χ0v) is 13.3. The van der Waals surface area contributed by atoms with E-state index in [1.165, 1.54) is 0 Å². The van der Waals surface area contributed by atoms with Crippen molar-refractivity contribution in [2.24, 2.45) is 0 Å². The molecule has 1 fully saturated rings. The topological polar surface area (TPSA) is 32.8 Å². The minimum absolute atomic E-state index is 0.0213. The second-order valence-electron chi connectivity index (χ2n) is 4.62. The van der Waals surface area contributed by atoms with Gasteiger partial charge in [-0.2, -0.15) is 0 Å². The lowest BCUT2D eigenvalue weighted by Crippen LogP contribution is -2.48. The Hall–Kier alpha value is -1.55. The number of nitrogens with zero attached hydrogens (tertiary/aromatic N) is 2. The van der Waals surface area contributed by atoms with E-state index in [1.54, 1.807) is 6.08 Å². The van der Waals surface area contributed by atoms with E-state index in [0.29, 0.717) is 5.76 Å². The van der Waals surface area contributed by atoms with Crippen molar-refractivity contribution in [3.63, 3.8) is 0 Å². The fourth-order valence-electron chi connectivity index (χ4n) is 1.58. The number of hydrogen-bond donors (Lipinski definition) is 0. The fourth-order valence-corrected chi connectivity index (χ4v) is 1.58. The standard InChI is InChI=1S/C14H22N2O2.C2H6/c1-12(2)5-6-13(3)18-11-14(17)16-9-7-15(4)8-10-16;1-2/h5-6H,1,3,7-11H2,2,4H3;1-2H3/b6-5-;. The largest absolute Gasteiger partial charge is 0.484 e. The van der Waals surface area contributed by atoms with Gasteiger partial charge in [-0.1, -0.05) is 38.7 Å². The number of piperazine rings is 1. The van der Waals surface area contributed by atoms with Crippen LogP contribution in [-0.4, -0.2) is 55.5 Å². The third-order valence-electron chi connectivity index (χ3n) is 2.79. The van der Waals surface area contributed by atoms with Gasteiger partial charge in [-0.15, -0.1) is 0 Å². The first-order valence-electron chi connectivity index (χ1n) is 7.10. The van der Waals surface area contributed by atoms with Gasteiger partial charge in [0.2, 0.25) is 0 Å². The van der Waals surface area contributed by atoms with Crippen molar-refractivity contribution in [3.05, 3.63) is 36.6 Å². The smallest absolute Gasteiger partial charge is 0.260 e. The highest BCUT2D eigenvalue weighted by Gasteiger charge is 2.18. The van der Waals surface area contributed by atoms with Gasteiger partial charge in [0.05, 0.1) is 0 Å². The zero-order valence-electron chi connectivity index (χ0n) is 13.3. The molecular formula is C16H28N2O2. The van der Waals surface area contributed by atoms with Gasteiger partial charge in [0.25, 0.3) is 5.91 Å². The Morgan fingerprint density at radius 1 is 1.15 bits per heavy atom. The highest BCUT2D eigenvalue weighted by molar-refractivity contribution is 5.77. The molecule has 1 aliphatic rings. The molecule has 0 unspecified atom stereocenters. The monoisotopic (exact) mass is 280 g/mol. The van der Waals surface area contributed by atoms with Crippen LogP contribution in [0.25, 0.3) is 0 Å². The van der Waals surface area contributed by atoms with Crippen LogP contribution in [0.3, 0.4) is 0 Å². The molecule has 0 aliphatic carbocycles. The van der Waals surface area contributed by atoms with Gasteiger partial charge >= 0.3 is 0 Å². The molecule has 0 N–H and O–H groups in total. The Morgan fingerprint density at radius 3 is 2.20 bits per heavy atom. The Balaban J connectivity index is 0.00000172. The molecule has 1 saturated heterocycles. The molecule has 0 aromatic carbocycles. The first kappa shape index (κ1) is 18.4. The predicted molar refractivity (Wildman–Crippen MR) is 84.5 cm³/mol. The quantitative estimate of drug-likeness (QED) is 0.573. The lowest BCUT2D eigenvalue weighted by Gasteiger charge is -2.32. The molecule has 1 heterocycles. The SMILES string of the molecule is C=C(C)/C=C\C(=C)OCC(=O)N1CCN(C)CC1.CC. The number of carbonyl (C=O) groups excluding carboxylic acids is 1. The second-order valence-corrected chi connectivity index (χ2v) is 4.62. The highest BCUT2D eigenvalue weighted by atomic mass is 16.5. The molecule has 20 heavy (non-hydrogen) atoms. The maximum Gasteiger partial charge on any atom is 0.260 e. The summed E-state index contributed by atoms with van der Waals surface area (Å²) in [5, 5.41) is 0. The molecule has 0 bridgehead atoms. The molecule has 0 saturated carbocycles. The van der Waals surface area contributed by atoms with E-state index in [9.17, 15) is 4.79 Å². The molecule has 0 atom stereocenters. The van der Waals surface area contributed by atoms with Crippen molar-refractivity contribution in [2.45, 2.75) is 20.8 Å². The van der Waals surface area contributed by atoms with Crippen molar-refractivity contribution in [1.82, 2.24) is 9.80 Å². The van der Waals surface area contributed by atoms with Gasteiger partial charge in [-0.05, 0) is 20.0 Å². The summed E-state index contributed by atoms with van der Waals surface area (Å²) in [5.74, 6) is 0.508. The second kappa shape index (κ2) is 10.3. The van der Waals surface area contributed by atoms with Crippen LogP contribution in [0.15, 0.2) is 36.6 Å². The normalized spacial score (nSPS) is 15.5. The summed E-state index contributed by atoms with van der Waals surface area (Å²) in [6.07, 6.45) is 3.53. The Morgan fingerprint density at radius 2 is 1.70 bits per heavy atom. The van der Waals surface area contributed by atoms with E-state index >= 15 is 0 Å². The molecule has 1 amide bonds. The van der Waals surface area contributed by atoms with Crippen molar-refractivity contribution in [1.29, 1.82) is 0 Å². The van der Waals surface area contributed by atoms with Crippen LogP contribution in [0.2, 0.25) is 0 Å². The average Bonchev–Trinajstić information content (AvgIpc) is 2.45. The van der Waals surface area contributed by atoms with E-state index in [1.807, 2.05) is 31.7 Å². The third kappa shape index (κ3) is 7.79. The summed E-state index contributed by atoms with van der Waals surface area (Å²) in [6, 6.07) is 0. The van der Waals surface area contributed by atoms with E-state index < -0.39 is 0 Å². The Labute approximate surface area is 123 Å². The number of allylic oxidation sites excluding steroid dienone is 3. The van der Waals surface area contributed by atoms with Crippen molar-refractivity contribution < 1.29 is 9.53 Å². The van der Waals surface area contributed by atoms with Crippen molar-refractivity contribution >= 4 is 5.91 Å². The molecule has 0 spiro atoms. The summed E-state index contributed by atoms with van der Waals surface area (Å²) < 4.78 is 5.31. The van der Waals surface area contributed by atoms with Gasteiger partial charge in [0.15, 0.2) is 6.61 Å².